The summed E-state index contributed by atoms with van der Waals surface area (Å²) in [6.07, 6.45) is 0.887. The molecule has 0 amide bonds. The van der Waals surface area contributed by atoms with E-state index in [0.717, 1.165) is 4.47 Å². The van der Waals surface area contributed by atoms with Gasteiger partial charge < -0.3 is 0 Å². The molecule has 0 saturated heterocycles. The summed E-state index contributed by atoms with van der Waals surface area (Å²) in [6.45, 7) is 0. The Morgan fingerprint density at radius 1 is 1.44 bits per heavy atom. The number of halogens is 1. The van der Waals surface area contributed by atoms with E-state index in [2.05, 4.69) is 36.6 Å². The van der Waals surface area contributed by atoms with Crippen molar-refractivity contribution in [2.75, 3.05) is 0 Å². The van der Waals surface area contributed by atoms with E-state index in [0.29, 0.717) is 24.2 Å². The molecule has 2 rings (SSSR count). The number of aryl methyl sites for hydroxylation is 1. The molecular formula is C10H9BrN4O. The molecule has 0 radical (unpaired) electrons. The van der Waals surface area contributed by atoms with Crippen LogP contribution < -0.4 is 0 Å². The third-order valence-corrected chi connectivity index (χ3v) is 2.60. The average Bonchev–Trinajstić information content (AvgIpc) is 2.78. The number of nitrogens with one attached hydrogen (secondary N) is 1. The van der Waals surface area contributed by atoms with Gasteiger partial charge in [0.15, 0.2) is 11.6 Å². The molecule has 0 fully saturated rings. The number of carbonyl (C=O) groups is 1. The molecule has 0 bridgehead atoms. The topological polar surface area (TPSA) is 71.5 Å². The second kappa shape index (κ2) is 4.98. The maximum Gasteiger partial charge on any atom is 0.175 e. The van der Waals surface area contributed by atoms with E-state index in [4.69, 9.17) is 0 Å². The Morgan fingerprint density at radius 3 is 3.00 bits per heavy atom. The molecule has 1 N–H and O–H groups in total. The van der Waals surface area contributed by atoms with E-state index in [-0.39, 0.29) is 5.78 Å². The fourth-order valence-electron chi connectivity index (χ4n) is 1.32. The number of rotatable bonds is 4. The van der Waals surface area contributed by atoms with Crippen molar-refractivity contribution in [2.45, 2.75) is 12.8 Å². The summed E-state index contributed by atoms with van der Waals surface area (Å²) in [5.41, 5.74) is 0.692. The van der Waals surface area contributed by atoms with Crippen LogP contribution in [0.1, 0.15) is 22.6 Å². The zero-order valence-electron chi connectivity index (χ0n) is 8.35. The molecule has 2 aromatic rings. The van der Waals surface area contributed by atoms with Crippen LogP contribution in [0.2, 0.25) is 0 Å². The van der Waals surface area contributed by atoms with Gasteiger partial charge in [0.05, 0.1) is 0 Å². The van der Waals surface area contributed by atoms with Crippen LogP contribution in [-0.2, 0) is 6.42 Å². The highest BCUT2D eigenvalue weighted by Crippen LogP contribution is 2.13. The third kappa shape index (κ3) is 2.73. The number of aromatic amines is 1. The molecule has 1 aromatic carbocycles. The van der Waals surface area contributed by atoms with Crippen molar-refractivity contribution >= 4 is 21.7 Å². The van der Waals surface area contributed by atoms with Crippen LogP contribution in [-0.4, -0.2) is 26.4 Å². The van der Waals surface area contributed by atoms with Gasteiger partial charge in [-0.3, -0.25) is 4.79 Å². The van der Waals surface area contributed by atoms with Gasteiger partial charge in [0, 0.05) is 22.9 Å². The van der Waals surface area contributed by atoms with E-state index in [1.165, 1.54) is 0 Å². The maximum absolute atomic E-state index is 11.8. The van der Waals surface area contributed by atoms with E-state index in [1.54, 1.807) is 12.1 Å². The van der Waals surface area contributed by atoms with Gasteiger partial charge in [0.1, 0.15) is 0 Å². The Morgan fingerprint density at radius 2 is 2.31 bits per heavy atom. The van der Waals surface area contributed by atoms with Gasteiger partial charge >= 0.3 is 0 Å². The number of ketones is 1. The number of hydrogen-bond donors (Lipinski definition) is 1. The summed E-state index contributed by atoms with van der Waals surface area (Å²) >= 11 is 3.33. The first-order chi connectivity index (χ1) is 7.75. The predicted molar refractivity (Wildman–Crippen MR) is 61.0 cm³/mol. The van der Waals surface area contributed by atoms with Crippen molar-refractivity contribution in [1.82, 2.24) is 20.6 Å². The quantitative estimate of drug-likeness (QED) is 0.867. The highest BCUT2D eigenvalue weighted by molar-refractivity contribution is 9.10. The number of tetrazole rings is 1. The second-order valence-electron chi connectivity index (χ2n) is 3.26. The lowest BCUT2D eigenvalue weighted by Gasteiger charge is -1.99. The number of H-pyrrole nitrogens is 1. The molecule has 82 valence electrons. The Kier molecular flexibility index (Phi) is 3.40. The van der Waals surface area contributed by atoms with E-state index < -0.39 is 0 Å². The van der Waals surface area contributed by atoms with Crippen molar-refractivity contribution in [2.24, 2.45) is 0 Å². The minimum absolute atomic E-state index is 0.0751. The summed E-state index contributed by atoms with van der Waals surface area (Å²) in [5, 5.41) is 13.4. The second-order valence-corrected chi connectivity index (χ2v) is 4.18. The van der Waals surface area contributed by atoms with Gasteiger partial charge in [-0.05, 0) is 12.1 Å². The fourth-order valence-corrected chi connectivity index (χ4v) is 1.72. The van der Waals surface area contributed by atoms with Gasteiger partial charge in [-0.25, -0.2) is 0 Å². The van der Waals surface area contributed by atoms with Gasteiger partial charge in [0.25, 0.3) is 0 Å². The molecular weight excluding hydrogens is 272 g/mol. The Labute approximate surface area is 100 Å². The lowest BCUT2D eigenvalue weighted by atomic mass is 10.1. The van der Waals surface area contributed by atoms with Crippen LogP contribution in [0, 0.1) is 0 Å². The Hall–Kier alpha value is -1.56. The summed E-state index contributed by atoms with van der Waals surface area (Å²) in [7, 11) is 0. The van der Waals surface area contributed by atoms with Crippen molar-refractivity contribution in [3.8, 4) is 0 Å². The third-order valence-electron chi connectivity index (χ3n) is 2.11. The minimum atomic E-state index is 0.0751. The molecule has 0 saturated carbocycles. The number of Topliss-reactive ketones (excluding diaryl/α,β-unsaturated/α-hetero) is 1. The largest absolute Gasteiger partial charge is 0.294 e. The van der Waals surface area contributed by atoms with Crippen LogP contribution in [0.4, 0.5) is 0 Å². The molecule has 6 heteroatoms. The van der Waals surface area contributed by atoms with Crippen LogP contribution in [0.25, 0.3) is 0 Å². The zero-order valence-corrected chi connectivity index (χ0v) is 9.94. The van der Waals surface area contributed by atoms with Gasteiger partial charge in [-0.2, -0.15) is 5.21 Å². The molecule has 1 aromatic heterocycles. The highest BCUT2D eigenvalue weighted by Gasteiger charge is 2.08. The normalized spacial score (nSPS) is 10.3. The van der Waals surface area contributed by atoms with Crippen molar-refractivity contribution in [1.29, 1.82) is 0 Å². The number of nitrogens with zero attached hydrogens (tertiary/aromatic N) is 3. The average molecular weight is 281 g/mol. The zero-order chi connectivity index (χ0) is 11.4. The molecule has 0 atom stereocenters. The molecule has 0 unspecified atom stereocenters. The molecule has 0 aliphatic carbocycles. The van der Waals surface area contributed by atoms with E-state index in [1.807, 2.05) is 12.1 Å². The first kappa shape index (κ1) is 10.9. The first-order valence-electron chi connectivity index (χ1n) is 4.77. The maximum atomic E-state index is 11.8. The summed E-state index contributed by atoms with van der Waals surface area (Å²) < 4.78 is 0.901. The lowest BCUT2D eigenvalue weighted by molar-refractivity contribution is 0.0982. The number of benzene rings is 1. The lowest BCUT2D eigenvalue weighted by Crippen LogP contribution is -2.02. The number of aromatic nitrogens is 4. The van der Waals surface area contributed by atoms with Crippen LogP contribution >= 0.6 is 15.9 Å². The SMILES string of the molecule is O=C(CCc1nn[nH]n1)c1cccc(Br)c1. The minimum Gasteiger partial charge on any atom is -0.294 e. The molecule has 0 aliphatic rings. The van der Waals surface area contributed by atoms with Gasteiger partial charge in [-0.15, -0.1) is 10.2 Å². The van der Waals surface area contributed by atoms with Gasteiger partial charge in [-0.1, -0.05) is 33.3 Å². The predicted octanol–water partition coefficient (Wildman–Crippen LogP) is 1.78. The van der Waals surface area contributed by atoms with Crippen LogP contribution in [0.15, 0.2) is 28.7 Å². The Balaban J connectivity index is 1.98. The standard InChI is InChI=1S/C10H9BrN4O/c11-8-3-1-2-7(6-8)9(16)4-5-10-12-14-15-13-10/h1-3,6H,4-5H2,(H,12,13,14,15). The molecule has 0 spiro atoms. The van der Waals surface area contributed by atoms with Crippen LogP contribution in [0.5, 0.6) is 0 Å². The van der Waals surface area contributed by atoms with E-state index >= 15 is 0 Å². The molecule has 1 heterocycles. The van der Waals surface area contributed by atoms with Crippen molar-refractivity contribution < 1.29 is 4.79 Å². The van der Waals surface area contributed by atoms with Gasteiger partial charge in [0.2, 0.25) is 0 Å². The monoisotopic (exact) mass is 280 g/mol. The molecule has 16 heavy (non-hydrogen) atoms. The summed E-state index contributed by atoms with van der Waals surface area (Å²) in [4.78, 5) is 11.8. The van der Waals surface area contributed by atoms with Crippen molar-refractivity contribution in [3.05, 3.63) is 40.1 Å². The molecule has 0 aliphatic heterocycles. The van der Waals surface area contributed by atoms with Crippen LogP contribution in [0.3, 0.4) is 0 Å². The Bertz CT molecular complexity index is 483. The van der Waals surface area contributed by atoms with E-state index in [9.17, 15) is 4.79 Å². The fraction of sp³-hybridized carbons (Fsp3) is 0.200. The number of carbonyl (C=O) groups excluding carboxylic acids is 1. The summed E-state index contributed by atoms with van der Waals surface area (Å²) in [6, 6.07) is 7.32. The summed E-state index contributed by atoms with van der Waals surface area (Å²) in [5.74, 6) is 0.634. The van der Waals surface area contributed by atoms with Crippen molar-refractivity contribution in [3.63, 3.8) is 0 Å². The smallest absolute Gasteiger partial charge is 0.175 e. The number of hydrogen-bond acceptors (Lipinski definition) is 4. The molecule has 5 nitrogen and oxygen atoms in total. The highest BCUT2D eigenvalue weighted by atomic mass is 79.9. The first-order valence-corrected chi connectivity index (χ1v) is 5.56.